The van der Waals surface area contributed by atoms with Gasteiger partial charge < -0.3 is 10.1 Å². The molecule has 1 saturated heterocycles. The van der Waals surface area contributed by atoms with Crippen LogP contribution >= 0.6 is 11.6 Å². The van der Waals surface area contributed by atoms with E-state index in [1.165, 1.54) is 18.2 Å². The highest BCUT2D eigenvalue weighted by atomic mass is 35.5. The largest absolute Gasteiger partial charge is 0.377 e. The molecule has 1 aliphatic heterocycles. The third kappa shape index (κ3) is 4.62. The van der Waals surface area contributed by atoms with Crippen molar-refractivity contribution in [2.75, 3.05) is 18.5 Å². The van der Waals surface area contributed by atoms with Gasteiger partial charge in [-0.05, 0) is 43.2 Å². The van der Waals surface area contributed by atoms with Gasteiger partial charge in [-0.15, -0.1) is 0 Å². The van der Waals surface area contributed by atoms with E-state index in [0.717, 1.165) is 12.8 Å². The Hall–Kier alpha value is -1.93. The number of hydrogen-bond donors (Lipinski definition) is 2. The molecule has 26 heavy (non-hydrogen) atoms. The van der Waals surface area contributed by atoms with Crippen LogP contribution in [0.25, 0.3) is 0 Å². The number of anilines is 1. The number of carbonyl (C=O) groups excluding carboxylic acids is 1. The Kier molecular flexibility index (Phi) is 5.93. The summed E-state index contributed by atoms with van der Waals surface area (Å²) in [5.74, 6) is -0.413. The zero-order chi connectivity index (χ0) is 18.6. The second-order valence-corrected chi connectivity index (χ2v) is 8.09. The van der Waals surface area contributed by atoms with Gasteiger partial charge in [0.1, 0.15) is 4.90 Å². The fourth-order valence-corrected chi connectivity index (χ4v) is 4.25. The highest BCUT2D eigenvalue weighted by molar-refractivity contribution is 7.89. The number of ether oxygens (including phenoxy) is 1. The van der Waals surface area contributed by atoms with E-state index in [0.29, 0.717) is 12.3 Å². The van der Waals surface area contributed by atoms with Crippen molar-refractivity contribution in [3.05, 3.63) is 59.1 Å². The summed E-state index contributed by atoms with van der Waals surface area (Å²) in [7, 11) is -3.85. The second kappa shape index (κ2) is 8.18. The minimum absolute atomic E-state index is 0.0566. The average molecular weight is 395 g/mol. The smallest absolute Gasteiger partial charge is 0.255 e. The summed E-state index contributed by atoms with van der Waals surface area (Å²) in [4.78, 5) is 12.3. The Bertz CT molecular complexity index is 881. The van der Waals surface area contributed by atoms with Crippen molar-refractivity contribution in [1.29, 1.82) is 0 Å². The summed E-state index contributed by atoms with van der Waals surface area (Å²) in [5, 5.41) is 2.77. The topological polar surface area (TPSA) is 84.5 Å². The highest BCUT2D eigenvalue weighted by Gasteiger charge is 2.23. The lowest BCUT2D eigenvalue weighted by molar-refractivity contribution is 0.102. The first kappa shape index (κ1) is 18.8. The molecule has 1 fully saturated rings. The molecule has 0 bridgehead atoms. The van der Waals surface area contributed by atoms with Gasteiger partial charge in [0.2, 0.25) is 10.0 Å². The van der Waals surface area contributed by atoms with Gasteiger partial charge in [0.05, 0.1) is 11.1 Å². The number of hydrogen-bond acceptors (Lipinski definition) is 4. The Morgan fingerprint density at radius 2 is 1.96 bits per heavy atom. The van der Waals surface area contributed by atoms with Gasteiger partial charge in [-0.1, -0.05) is 29.8 Å². The maximum Gasteiger partial charge on any atom is 0.255 e. The summed E-state index contributed by atoms with van der Waals surface area (Å²) >= 11 is 6.06. The van der Waals surface area contributed by atoms with E-state index in [9.17, 15) is 13.2 Å². The van der Waals surface area contributed by atoms with E-state index < -0.39 is 15.9 Å². The fourth-order valence-electron chi connectivity index (χ4n) is 2.66. The predicted octanol–water partition coefficient (Wildman–Crippen LogP) is 3.05. The first-order valence-electron chi connectivity index (χ1n) is 8.23. The molecule has 0 saturated carbocycles. The van der Waals surface area contributed by atoms with Gasteiger partial charge in [-0.2, -0.15) is 0 Å². The minimum Gasteiger partial charge on any atom is -0.377 e. The molecule has 6 nitrogen and oxygen atoms in total. The minimum atomic E-state index is -3.85. The van der Waals surface area contributed by atoms with Crippen LogP contribution in [0.2, 0.25) is 5.02 Å². The first-order chi connectivity index (χ1) is 12.5. The third-order valence-corrected chi connectivity index (χ3v) is 5.94. The summed E-state index contributed by atoms with van der Waals surface area (Å²) in [6.07, 6.45) is 1.60. The molecular formula is C18H19ClN2O4S. The summed E-state index contributed by atoms with van der Waals surface area (Å²) in [6.45, 7) is 0.821. The quantitative estimate of drug-likeness (QED) is 0.788. The van der Waals surface area contributed by atoms with Crippen LogP contribution < -0.4 is 10.0 Å². The van der Waals surface area contributed by atoms with E-state index >= 15 is 0 Å². The lowest BCUT2D eigenvalue weighted by Crippen LogP contribution is -2.32. The molecule has 2 N–H and O–H groups in total. The summed E-state index contributed by atoms with van der Waals surface area (Å²) in [5.41, 5.74) is 0.823. The van der Waals surface area contributed by atoms with E-state index in [1.807, 2.05) is 6.07 Å². The molecule has 1 unspecified atom stereocenters. The van der Waals surface area contributed by atoms with E-state index in [-0.39, 0.29) is 28.1 Å². The Morgan fingerprint density at radius 3 is 2.65 bits per heavy atom. The van der Waals surface area contributed by atoms with Gasteiger partial charge in [0.25, 0.3) is 5.91 Å². The predicted molar refractivity (Wildman–Crippen MR) is 100 cm³/mol. The van der Waals surface area contributed by atoms with E-state index in [4.69, 9.17) is 16.3 Å². The van der Waals surface area contributed by atoms with Crippen LogP contribution in [0.15, 0.2) is 53.4 Å². The first-order valence-corrected chi connectivity index (χ1v) is 10.1. The number of benzene rings is 2. The van der Waals surface area contributed by atoms with Crippen molar-refractivity contribution in [1.82, 2.24) is 4.72 Å². The van der Waals surface area contributed by atoms with Crippen molar-refractivity contribution in [2.45, 2.75) is 23.8 Å². The van der Waals surface area contributed by atoms with Crippen LogP contribution in [0.3, 0.4) is 0 Å². The number of carbonyl (C=O) groups is 1. The Morgan fingerprint density at radius 1 is 1.19 bits per heavy atom. The van der Waals surface area contributed by atoms with Gasteiger partial charge in [-0.3, -0.25) is 4.79 Å². The third-order valence-electron chi connectivity index (χ3n) is 4.04. The molecule has 1 heterocycles. The molecule has 0 radical (unpaired) electrons. The molecule has 0 aliphatic carbocycles. The molecule has 0 aromatic heterocycles. The fraction of sp³-hybridized carbons (Fsp3) is 0.278. The molecular weight excluding hydrogens is 376 g/mol. The van der Waals surface area contributed by atoms with Crippen LogP contribution in [0.5, 0.6) is 0 Å². The number of rotatable bonds is 6. The van der Waals surface area contributed by atoms with Crippen LogP contribution in [0.1, 0.15) is 23.2 Å². The normalized spacial score (nSPS) is 17.2. The van der Waals surface area contributed by atoms with Gasteiger partial charge >= 0.3 is 0 Å². The second-order valence-electron chi connectivity index (χ2n) is 5.95. The monoisotopic (exact) mass is 394 g/mol. The molecule has 8 heteroatoms. The zero-order valence-corrected chi connectivity index (χ0v) is 15.5. The van der Waals surface area contributed by atoms with Crippen molar-refractivity contribution in [2.24, 2.45) is 0 Å². The maximum absolute atomic E-state index is 12.6. The van der Waals surface area contributed by atoms with Gasteiger partial charge in [0.15, 0.2) is 0 Å². The number of amides is 1. The number of para-hydroxylation sites is 1. The van der Waals surface area contributed by atoms with Crippen LogP contribution in [-0.2, 0) is 14.8 Å². The maximum atomic E-state index is 12.6. The van der Waals surface area contributed by atoms with E-state index in [2.05, 4.69) is 10.0 Å². The van der Waals surface area contributed by atoms with Crippen LogP contribution in [0, 0.1) is 0 Å². The Labute approximate surface area is 157 Å². The number of halogens is 1. The zero-order valence-electron chi connectivity index (χ0n) is 13.9. The van der Waals surface area contributed by atoms with Crippen molar-refractivity contribution < 1.29 is 17.9 Å². The molecule has 1 amide bonds. The summed E-state index contributed by atoms with van der Waals surface area (Å²) < 4.78 is 33.0. The molecule has 1 atom stereocenters. The van der Waals surface area contributed by atoms with Crippen molar-refractivity contribution in [3.63, 3.8) is 0 Å². The molecule has 1 aliphatic rings. The molecule has 3 rings (SSSR count). The Balaban J connectivity index is 1.76. The lowest BCUT2D eigenvalue weighted by Gasteiger charge is -2.13. The number of sulfonamides is 1. The molecule has 2 aromatic rings. The SMILES string of the molecule is O=C(Nc1ccccc1)c1ccc(Cl)c(S(=O)(=O)NCC2CCCO2)c1. The van der Waals surface area contributed by atoms with Crippen LogP contribution in [0.4, 0.5) is 5.69 Å². The van der Waals surface area contributed by atoms with Crippen molar-refractivity contribution in [3.8, 4) is 0 Å². The highest BCUT2D eigenvalue weighted by Crippen LogP contribution is 2.23. The standard InChI is InChI=1S/C18H19ClN2O4S/c19-16-9-8-13(18(22)21-14-5-2-1-3-6-14)11-17(16)26(23,24)20-12-15-7-4-10-25-15/h1-3,5-6,8-9,11,15,20H,4,7,10,12H2,(H,21,22). The number of nitrogens with one attached hydrogen (secondary N) is 2. The van der Waals surface area contributed by atoms with E-state index in [1.54, 1.807) is 24.3 Å². The van der Waals surface area contributed by atoms with Gasteiger partial charge in [-0.25, -0.2) is 13.1 Å². The molecule has 2 aromatic carbocycles. The van der Waals surface area contributed by atoms with Crippen LogP contribution in [-0.4, -0.2) is 33.6 Å². The molecule has 0 spiro atoms. The van der Waals surface area contributed by atoms with Gasteiger partial charge in [0, 0.05) is 24.4 Å². The van der Waals surface area contributed by atoms with Crippen molar-refractivity contribution >= 4 is 33.2 Å². The molecule has 138 valence electrons. The lowest BCUT2D eigenvalue weighted by atomic mass is 10.2. The summed E-state index contributed by atoms with van der Waals surface area (Å²) in [6, 6.07) is 13.1. The average Bonchev–Trinajstić information content (AvgIpc) is 3.15.